The highest BCUT2D eigenvalue weighted by Crippen LogP contribution is 2.42. The molecule has 31 heavy (non-hydrogen) atoms. The maximum absolute atomic E-state index is 14.0. The molecule has 9 heteroatoms. The summed E-state index contributed by atoms with van der Waals surface area (Å²) in [5.41, 5.74) is -0.0445. The van der Waals surface area contributed by atoms with Gasteiger partial charge in [-0.2, -0.15) is 13.2 Å². The smallest absolute Gasteiger partial charge is 0.348 e. The van der Waals surface area contributed by atoms with Crippen LogP contribution < -0.4 is 5.32 Å². The van der Waals surface area contributed by atoms with Gasteiger partial charge in [0.1, 0.15) is 5.82 Å². The molecule has 3 fully saturated rings. The quantitative estimate of drug-likeness (QED) is 0.532. The van der Waals surface area contributed by atoms with E-state index in [9.17, 15) is 22.4 Å². The fourth-order valence-corrected chi connectivity index (χ4v) is 5.22. The second-order valence-corrected chi connectivity index (χ2v) is 8.82. The van der Waals surface area contributed by atoms with E-state index in [4.69, 9.17) is 23.2 Å². The Balaban J connectivity index is 1.58. The Hall–Kier alpha value is -1.83. The summed E-state index contributed by atoms with van der Waals surface area (Å²) in [5.74, 6) is -0.582. The zero-order chi connectivity index (χ0) is 22.3. The average Bonchev–Trinajstić information content (AvgIpc) is 2.72. The van der Waals surface area contributed by atoms with E-state index < -0.39 is 28.2 Å². The topological polar surface area (TPSA) is 32.3 Å². The van der Waals surface area contributed by atoms with Crippen LogP contribution in [-0.2, 0) is 12.7 Å². The number of hydrogen-bond acceptors (Lipinski definition) is 2. The molecular weight excluding hydrogens is 455 g/mol. The van der Waals surface area contributed by atoms with E-state index in [2.05, 4.69) is 10.2 Å². The molecule has 1 unspecified atom stereocenters. The first-order valence-corrected chi connectivity index (χ1v) is 10.8. The van der Waals surface area contributed by atoms with Crippen molar-refractivity contribution in [2.24, 2.45) is 5.92 Å². The number of carbonyl (C=O) groups excluding carboxylic acids is 1. The standard InChI is InChI=1S/C22H20Cl2F4N2O/c23-17-4-3-16(22(26,27)28)20(24)19(17)21(31)29-11-13-1-2-14(25)10-15(13)18-9-12-5-7-30(18)8-6-12/h1-4,10,12,18H,5-9,11H2,(H,29,31). The lowest BCUT2D eigenvalue weighted by atomic mass is 9.79. The number of carbonyl (C=O) groups is 1. The van der Waals surface area contributed by atoms with E-state index in [1.54, 1.807) is 6.07 Å². The first-order valence-electron chi connectivity index (χ1n) is 10.0. The van der Waals surface area contributed by atoms with Gasteiger partial charge in [0.2, 0.25) is 0 Å². The van der Waals surface area contributed by atoms with E-state index in [0.717, 1.165) is 50.0 Å². The Morgan fingerprint density at radius 1 is 1.13 bits per heavy atom. The SMILES string of the molecule is O=C(NCc1ccc(F)cc1C1CC2CCN1CC2)c1c(Cl)ccc(C(F)(F)F)c1Cl. The molecule has 166 valence electrons. The van der Waals surface area contributed by atoms with Crippen molar-refractivity contribution < 1.29 is 22.4 Å². The van der Waals surface area contributed by atoms with Crippen LogP contribution in [0.15, 0.2) is 30.3 Å². The van der Waals surface area contributed by atoms with Crippen LogP contribution >= 0.6 is 23.2 Å². The Morgan fingerprint density at radius 3 is 2.45 bits per heavy atom. The molecule has 0 radical (unpaired) electrons. The van der Waals surface area contributed by atoms with Gasteiger partial charge in [0.25, 0.3) is 5.91 Å². The lowest BCUT2D eigenvalue weighted by molar-refractivity contribution is -0.137. The highest BCUT2D eigenvalue weighted by Gasteiger charge is 2.37. The van der Waals surface area contributed by atoms with Gasteiger partial charge in [0.05, 0.1) is 21.2 Å². The molecule has 0 spiro atoms. The number of halogens is 6. The Kier molecular flexibility index (Phi) is 6.21. The van der Waals surface area contributed by atoms with Gasteiger partial charge in [-0.1, -0.05) is 29.3 Å². The van der Waals surface area contributed by atoms with Gasteiger partial charge in [0.15, 0.2) is 0 Å². The average molecular weight is 475 g/mol. The van der Waals surface area contributed by atoms with Crippen molar-refractivity contribution >= 4 is 29.1 Å². The number of amides is 1. The van der Waals surface area contributed by atoms with Crippen LogP contribution in [0.1, 0.15) is 52.4 Å². The summed E-state index contributed by atoms with van der Waals surface area (Å²) in [6.07, 6.45) is -1.53. The maximum Gasteiger partial charge on any atom is 0.417 e. The van der Waals surface area contributed by atoms with E-state index in [0.29, 0.717) is 11.5 Å². The van der Waals surface area contributed by atoms with Crippen LogP contribution in [0.4, 0.5) is 17.6 Å². The van der Waals surface area contributed by atoms with Crippen LogP contribution in [0.5, 0.6) is 0 Å². The van der Waals surface area contributed by atoms with Crippen LogP contribution in [0.2, 0.25) is 10.0 Å². The zero-order valence-corrected chi connectivity index (χ0v) is 17.9. The molecule has 2 aromatic carbocycles. The third-order valence-electron chi connectivity index (χ3n) is 6.18. The molecule has 0 aliphatic carbocycles. The molecule has 2 bridgehead atoms. The lowest BCUT2D eigenvalue weighted by Gasteiger charge is -2.46. The largest absolute Gasteiger partial charge is 0.417 e. The molecule has 1 amide bonds. The van der Waals surface area contributed by atoms with Crippen molar-refractivity contribution in [2.45, 2.75) is 38.0 Å². The molecule has 3 aliphatic heterocycles. The summed E-state index contributed by atoms with van der Waals surface area (Å²) >= 11 is 11.8. The normalized spacial score (nSPS) is 23.1. The maximum atomic E-state index is 14.0. The number of benzene rings is 2. The highest BCUT2D eigenvalue weighted by atomic mass is 35.5. The monoisotopic (exact) mass is 474 g/mol. The Bertz CT molecular complexity index is 1000. The summed E-state index contributed by atoms with van der Waals surface area (Å²) in [6, 6.07) is 6.20. The van der Waals surface area contributed by atoms with Crippen LogP contribution in [0, 0.1) is 11.7 Å². The van der Waals surface area contributed by atoms with Crippen molar-refractivity contribution in [2.75, 3.05) is 13.1 Å². The fourth-order valence-electron chi connectivity index (χ4n) is 4.57. The summed E-state index contributed by atoms with van der Waals surface area (Å²) in [6.45, 7) is 1.92. The Morgan fingerprint density at radius 2 is 1.84 bits per heavy atom. The molecule has 3 saturated heterocycles. The minimum atomic E-state index is -4.71. The summed E-state index contributed by atoms with van der Waals surface area (Å²) in [5, 5.41) is 1.68. The molecule has 1 atom stereocenters. The van der Waals surface area contributed by atoms with Gasteiger partial charge < -0.3 is 5.32 Å². The van der Waals surface area contributed by atoms with E-state index in [-0.39, 0.29) is 23.4 Å². The van der Waals surface area contributed by atoms with Crippen LogP contribution in [-0.4, -0.2) is 23.9 Å². The number of nitrogens with zero attached hydrogens (tertiary/aromatic N) is 1. The van der Waals surface area contributed by atoms with Gasteiger partial charge >= 0.3 is 6.18 Å². The van der Waals surface area contributed by atoms with Gasteiger partial charge in [-0.3, -0.25) is 9.69 Å². The molecule has 3 nitrogen and oxygen atoms in total. The minimum Gasteiger partial charge on any atom is -0.348 e. The van der Waals surface area contributed by atoms with Gasteiger partial charge in [-0.05, 0) is 73.7 Å². The molecule has 1 N–H and O–H groups in total. The summed E-state index contributed by atoms with van der Waals surface area (Å²) in [7, 11) is 0. The molecule has 0 aromatic heterocycles. The lowest BCUT2D eigenvalue weighted by Crippen LogP contribution is -2.44. The first-order chi connectivity index (χ1) is 14.6. The first kappa shape index (κ1) is 22.4. The highest BCUT2D eigenvalue weighted by molar-refractivity contribution is 6.40. The third-order valence-corrected chi connectivity index (χ3v) is 6.88. The Labute approximate surface area is 187 Å². The predicted octanol–water partition coefficient (Wildman–Crippen LogP) is 6.24. The number of nitrogens with one attached hydrogen (secondary N) is 1. The molecule has 2 aromatic rings. The van der Waals surface area contributed by atoms with Crippen molar-refractivity contribution in [3.05, 3.63) is 68.4 Å². The van der Waals surface area contributed by atoms with Crippen molar-refractivity contribution in [3.8, 4) is 0 Å². The zero-order valence-electron chi connectivity index (χ0n) is 16.4. The number of alkyl halides is 3. The molecule has 3 aliphatic rings. The third kappa shape index (κ3) is 4.54. The number of hydrogen-bond donors (Lipinski definition) is 1. The summed E-state index contributed by atoms with van der Waals surface area (Å²) in [4.78, 5) is 15.0. The van der Waals surface area contributed by atoms with Gasteiger partial charge in [0, 0.05) is 12.6 Å². The van der Waals surface area contributed by atoms with Crippen molar-refractivity contribution in [1.29, 1.82) is 0 Å². The van der Waals surface area contributed by atoms with E-state index in [1.165, 1.54) is 12.1 Å². The minimum absolute atomic E-state index is 0.0202. The van der Waals surface area contributed by atoms with Crippen LogP contribution in [0.25, 0.3) is 0 Å². The van der Waals surface area contributed by atoms with Gasteiger partial charge in [-0.25, -0.2) is 4.39 Å². The second kappa shape index (κ2) is 8.60. The van der Waals surface area contributed by atoms with Crippen molar-refractivity contribution in [3.63, 3.8) is 0 Å². The number of piperidine rings is 3. The van der Waals surface area contributed by atoms with E-state index in [1.807, 2.05) is 0 Å². The number of rotatable bonds is 4. The van der Waals surface area contributed by atoms with Crippen molar-refractivity contribution in [1.82, 2.24) is 10.2 Å². The predicted molar refractivity (Wildman–Crippen MR) is 111 cm³/mol. The van der Waals surface area contributed by atoms with E-state index >= 15 is 0 Å². The summed E-state index contributed by atoms with van der Waals surface area (Å²) < 4.78 is 53.5. The molecule has 0 saturated carbocycles. The molecule has 5 rings (SSSR count). The second-order valence-electron chi connectivity index (χ2n) is 8.04. The fraction of sp³-hybridized carbons (Fsp3) is 0.409. The molecule has 3 heterocycles. The van der Waals surface area contributed by atoms with Crippen LogP contribution in [0.3, 0.4) is 0 Å². The molecular formula is C22H20Cl2F4N2O. The van der Waals surface area contributed by atoms with Gasteiger partial charge in [-0.15, -0.1) is 0 Å². The number of fused-ring (bicyclic) bond motifs is 3.